The van der Waals surface area contributed by atoms with Gasteiger partial charge in [0.15, 0.2) is 16.3 Å². The van der Waals surface area contributed by atoms with Gasteiger partial charge in [0.2, 0.25) is 0 Å². The lowest BCUT2D eigenvalue weighted by Crippen LogP contribution is -2.38. The molecule has 3 rings (SSSR count). The summed E-state index contributed by atoms with van der Waals surface area (Å²) in [5, 5.41) is 9.75. The molecule has 1 fully saturated rings. The van der Waals surface area contributed by atoms with Gasteiger partial charge in [-0.05, 0) is 0 Å². The highest BCUT2D eigenvalue weighted by molar-refractivity contribution is 7.99. The van der Waals surface area contributed by atoms with Crippen molar-refractivity contribution in [2.75, 3.05) is 45.2 Å². The largest absolute Gasteiger partial charge is 0.395 e. The summed E-state index contributed by atoms with van der Waals surface area (Å²) in [5.41, 5.74) is -0.292. The fraction of sp³-hybridized carbons (Fsp3) is 0.643. The van der Waals surface area contributed by atoms with Gasteiger partial charge in [0.1, 0.15) is 0 Å². The average Bonchev–Trinajstić information content (AvgIpc) is 3.02. The minimum atomic E-state index is -0.474. The maximum Gasteiger partial charge on any atom is 0.332 e. The van der Waals surface area contributed by atoms with Gasteiger partial charge in [-0.1, -0.05) is 11.8 Å². The number of nitrogens with zero attached hydrogens (tertiary/aromatic N) is 4. The third kappa shape index (κ3) is 3.41. The number of imidazole rings is 1. The number of rotatable bonds is 6. The first-order valence-electron chi connectivity index (χ1n) is 7.85. The van der Waals surface area contributed by atoms with Crippen LogP contribution in [0.4, 0.5) is 0 Å². The zero-order valence-electron chi connectivity index (χ0n) is 13.5. The van der Waals surface area contributed by atoms with Crippen molar-refractivity contribution in [3.05, 3.63) is 20.8 Å². The first-order chi connectivity index (χ1) is 11.6. The molecule has 3 heterocycles. The monoisotopic (exact) mass is 355 g/mol. The first kappa shape index (κ1) is 17.2. The number of aromatic nitrogens is 4. The van der Waals surface area contributed by atoms with E-state index in [1.165, 1.54) is 23.4 Å². The van der Waals surface area contributed by atoms with Crippen LogP contribution in [0.3, 0.4) is 0 Å². The van der Waals surface area contributed by atoms with Crippen LogP contribution < -0.4 is 11.2 Å². The summed E-state index contributed by atoms with van der Waals surface area (Å²) in [6.07, 6.45) is 0. The van der Waals surface area contributed by atoms with E-state index in [0.29, 0.717) is 16.3 Å². The van der Waals surface area contributed by atoms with E-state index in [4.69, 9.17) is 9.84 Å². The minimum Gasteiger partial charge on any atom is -0.395 e. The summed E-state index contributed by atoms with van der Waals surface area (Å²) >= 11 is 1.51. The Balaban J connectivity index is 1.80. The van der Waals surface area contributed by atoms with Crippen LogP contribution in [0.2, 0.25) is 0 Å². The van der Waals surface area contributed by atoms with E-state index in [-0.39, 0.29) is 13.2 Å². The predicted molar refractivity (Wildman–Crippen MR) is 90.7 cm³/mol. The fourth-order valence-electron chi connectivity index (χ4n) is 2.68. The lowest BCUT2D eigenvalue weighted by atomic mass is 10.4. The molecule has 1 aliphatic rings. The summed E-state index contributed by atoms with van der Waals surface area (Å²) in [7, 11) is 1.42. The van der Waals surface area contributed by atoms with Crippen LogP contribution in [-0.2, 0) is 18.3 Å². The molecule has 0 spiro atoms. The minimum absolute atomic E-state index is 0.103. The van der Waals surface area contributed by atoms with E-state index in [0.717, 1.165) is 43.2 Å². The van der Waals surface area contributed by atoms with Crippen LogP contribution in [0, 0.1) is 0 Å². The van der Waals surface area contributed by atoms with Crippen molar-refractivity contribution >= 4 is 22.9 Å². The SMILES string of the molecule is Cn1c(=O)c2[nH]c(SCCN3CCOCC3)nc2n(CCO)c1=O. The van der Waals surface area contributed by atoms with Crippen molar-refractivity contribution in [3.8, 4) is 0 Å². The summed E-state index contributed by atoms with van der Waals surface area (Å²) in [5.74, 6) is 0.824. The molecule has 1 saturated heterocycles. The summed E-state index contributed by atoms with van der Waals surface area (Å²) in [6.45, 7) is 4.20. The van der Waals surface area contributed by atoms with Gasteiger partial charge in [-0.25, -0.2) is 9.78 Å². The number of hydrogen-bond acceptors (Lipinski definition) is 7. The number of nitrogens with one attached hydrogen (secondary N) is 1. The molecule has 0 bridgehead atoms. The first-order valence-corrected chi connectivity index (χ1v) is 8.83. The van der Waals surface area contributed by atoms with E-state index in [1.807, 2.05) is 0 Å². The van der Waals surface area contributed by atoms with E-state index in [1.54, 1.807) is 0 Å². The van der Waals surface area contributed by atoms with Crippen molar-refractivity contribution in [2.45, 2.75) is 11.7 Å². The maximum atomic E-state index is 12.2. The number of morpholine rings is 1. The number of H-pyrrole nitrogens is 1. The molecule has 1 aliphatic heterocycles. The average molecular weight is 355 g/mol. The van der Waals surface area contributed by atoms with Gasteiger partial charge >= 0.3 is 5.69 Å². The lowest BCUT2D eigenvalue weighted by molar-refractivity contribution is 0.0410. The van der Waals surface area contributed by atoms with Crippen LogP contribution in [0.5, 0.6) is 0 Å². The Kier molecular flexibility index (Phi) is 5.39. The van der Waals surface area contributed by atoms with Crippen molar-refractivity contribution in [1.82, 2.24) is 24.0 Å². The van der Waals surface area contributed by atoms with Crippen molar-refractivity contribution < 1.29 is 9.84 Å². The molecule has 2 aromatic rings. The smallest absolute Gasteiger partial charge is 0.332 e. The molecule has 0 saturated carbocycles. The molecule has 2 N–H and O–H groups in total. The van der Waals surface area contributed by atoms with Gasteiger partial charge in [0.25, 0.3) is 5.56 Å². The standard InChI is InChI=1S/C14H21N5O4S/c1-17-12(21)10-11(19(2-6-20)14(17)22)16-13(15-10)24-9-5-18-3-7-23-8-4-18/h20H,2-9H2,1H3,(H,15,16). The Bertz CT molecular complexity index is 821. The van der Waals surface area contributed by atoms with E-state index in [9.17, 15) is 9.59 Å². The Morgan fingerprint density at radius 1 is 1.29 bits per heavy atom. The Morgan fingerprint density at radius 2 is 2.04 bits per heavy atom. The molecule has 10 heteroatoms. The third-order valence-electron chi connectivity index (χ3n) is 4.03. The third-order valence-corrected chi connectivity index (χ3v) is 4.88. The lowest BCUT2D eigenvalue weighted by Gasteiger charge is -2.26. The zero-order chi connectivity index (χ0) is 17.1. The summed E-state index contributed by atoms with van der Waals surface area (Å²) in [6, 6.07) is 0. The van der Waals surface area contributed by atoms with Crippen LogP contribution in [0.15, 0.2) is 14.7 Å². The molecule has 24 heavy (non-hydrogen) atoms. The van der Waals surface area contributed by atoms with Gasteiger partial charge in [-0.2, -0.15) is 0 Å². The summed E-state index contributed by atoms with van der Waals surface area (Å²) < 4.78 is 7.66. The van der Waals surface area contributed by atoms with Crippen LogP contribution >= 0.6 is 11.8 Å². The molecule has 0 aromatic carbocycles. The van der Waals surface area contributed by atoms with Crippen LogP contribution in [-0.4, -0.2) is 74.3 Å². The Morgan fingerprint density at radius 3 is 2.75 bits per heavy atom. The molecular formula is C14H21N5O4S. The highest BCUT2D eigenvalue weighted by Crippen LogP contribution is 2.17. The molecule has 0 aliphatic carbocycles. The fourth-order valence-corrected chi connectivity index (χ4v) is 3.55. The summed E-state index contributed by atoms with van der Waals surface area (Å²) in [4.78, 5) is 34.1. The Hall–Kier alpha value is -1.62. The topological polar surface area (TPSA) is 105 Å². The Labute approximate surface area is 142 Å². The van der Waals surface area contributed by atoms with Crippen molar-refractivity contribution in [2.24, 2.45) is 7.05 Å². The van der Waals surface area contributed by atoms with Gasteiger partial charge in [0.05, 0.1) is 26.4 Å². The molecule has 0 amide bonds. The normalized spacial score (nSPS) is 16.1. The van der Waals surface area contributed by atoms with Crippen LogP contribution in [0.25, 0.3) is 11.2 Å². The molecule has 0 unspecified atom stereocenters. The van der Waals surface area contributed by atoms with E-state index < -0.39 is 11.2 Å². The van der Waals surface area contributed by atoms with Gasteiger partial charge < -0.3 is 14.8 Å². The van der Waals surface area contributed by atoms with E-state index in [2.05, 4.69) is 14.9 Å². The second-order valence-electron chi connectivity index (χ2n) is 5.57. The van der Waals surface area contributed by atoms with Gasteiger partial charge in [-0.15, -0.1) is 0 Å². The van der Waals surface area contributed by atoms with Crippen molar-refractivity contribution in [3.63, 3.8) is 0 Å². The van der Waals surface area contributed by atoms with Gasteiger partial charge in [-0.3, -0.25) is 18.8 Å². The van der Waals surface area contributed by atoms with E-state index >= 15 is 0 Å². The number of aliphatic hydroxyl groups excluding tert-OH is 1. The molecule has 132 valence electrons. The number of aromatic amines is 1. The molecule has 0 atom stereocenters. The number of thioether (sulfide) groups is 1. The number of ether oxygens (including phenoxy) is 1. The highest BCUT2D eigenvalue weighted by atomic mass is 32.2. The molecular weight excluding hydrogens is 334 g/mol. The number of aliphatic hydroxyl groups is 1. The number of fused-ring (bicyclic) bond motifs is 1. The maximum absolute atomic E-state index is 12.2. The molecule has 9 nitrogen and oxygen atoms in total. The highest BCUT2D eigenvalue weighted by Gasteiger charge is 2.16. The molecule has 2 aromatic heterocycles. The van der Waals surface area contributed by atoms with Gasteiger partial charge in [0, 0.05) is 32.4 Å². The second-order valence-corrected chi connectivity index (χ2v) is 6.65. The molecule has 0 radical (unpaired) electrons. The number of hydrogen-bond donors (Lipinski definition) is 2. The second kappa shape index (κ2) is 7.51. The van der Waals surface area contributed by atoms with Crippen LogP contribution in [0.1, 0.15) is 0 Å². The zero-order valence-corrected chi connectivity index (χ0v) is 14.3. The van der Waals surface area contributed by atoms with Crippen molar-refractivity contribution in [1.29, 1.82) is 0 Å². The quantitative estimate of drug-likeness (QED) is 0.630. The predicted octanol–water partition coefficient (Wildman–Crippen LogP) is -1.16.